The van der Waals surface area contributed by atoms with Crippen LogP contribution in [0.25, 0.3) is 10.2 Å². The summed E-state index contributed by atoms with van der Waals surface area (Å²) < 4.78 is 5.78. The van der Waals surface area contributed by atoms with Crippen LogP contribution in [-0.4, -0.2) is 82.0 Å². The Hall–Kier alpha value is -4.69. The zero-order valence-corrected chi connectivity index (χ0v) is 20.8. The van der Waals surface area contributed by atoms with Crippen molar-refractivity contribution in [1.82, 2.24) is 14.7 Å². The lowest BCUT2D eigenvalue weighted by atomic mass is 10.1. The molecule has 4 aromatic rings. The van der Waals surface area contributed by atoms with Gasteiger partial charge in [0.2, 0.25) is 0 Å². The highest BCUT2D eigenvalue weighted by Crippen LogP contribution is 2.33. The van der Waals surface area contributed by atoms with Gasteiger partial charge < -0.3 is 35.1 Å². The molecule has 0 saturated carbocycles. The van der Waals surface area contributed by atoms with Gasteiger partial charge in [0, 0.05) is 31.9 Å². The minimum atomic E-state index is -1.43. The Morgan fingerprint density at radius 2 is 1.76 bits per heavy atom. The number of furan rings is 1. The van der Waals surface area contributed by atoms with Crippen LogP contribution in [0.3, 0.4) is 0 Å². The monoisotopic (exact) mass is 538 g/mol. The van der Waals surface area contributed by atoms with E-state index in [0.29, 0.717) is 4.68 Å². The second-order valence-electron chi connectivity index (χ2n) is 8.58. The molecule has 0 spiro atoms. The Morgan fingerprint density at radius 3 is 2.42 bits per heavy atom. The van der Waals surface area contributed by atoms with Gasteiger partial charge in [-0.25, -0.2) is 9.59 Å². The lowest BCUT2D eigenvalue weighted by Crippen LogP contribution is -2.44. The normalized spacial score (nSPS) is 14.0. The van der Waals surface area contributed by atoms with Gasteiger partial charge in [-0.2, -0.15) is 4.68 Å². The molecule has 1 aliphatic heterocycles. The molecule has 13 nitrogen and oxygen atoms in total. The Kier molecular flexibility index (Phi) is 6.57. The summed E-state index contributed by atoms with van der Waals surface area (Å²) in [7, 11) is 2.04. The van der Waals surface area contributed by atoms with Crippen LogP contribution in [0.15, 0.2) is 47.1 Å². The van der Waals surface area contributed by atoms with Crippen LogP contribution in [0.5, 0.6) is 0 Å². The van der Waals surface area contributed by atoms with Crippen LogP contribution in [0.2, 0.25) is 0 Å². The number of fused-ring (bicyclic) bond motifs is 1. The molecule has 3 aromatic heterocycles. The Bertz CT molecular complexity index is 1550. The van der Waals surface area contributed by atoms with E-state index in [-0.39, 0.29) is 37.9 Å². The molecular weight excluding hydrogens is 516 g/mol. The molecule has 1 aliphatic rings. The van der Waals surface area contributed by atoms with Crippen molar-refractivity contribution in [3.63, 3.8) is 0 Å². The first-order valence-corrected chi connectivity index (χ1v) is 12.3. The zero-order chi connectivity index (χ0) is 27.0. The van der Waals surface area contributed by atoms with Crippen LogP contribution in [-0.2, 0) is 0 Å². The molecule has 2 amide bonds. The number of anilines is 3. The van der Waals surface area contributed by atoms with Gasteiger partial charge >= 0.3 is 12.1 Å². The number of hydrogen-bond donors (Lipinski definition) is 4. The minimum absolute atomic E-state index is 0.0574. The number of hydrogen-bond acceptors (Lipinski definition) is 9. The fourth-order valence-electron chi connectivity index (χ4n) is 4.10. The van der Waals surface area contributed by atoms with E-state index in [1.54, 1.807) is 24.3 Å². The number of carbonyl (C=O) groups excluding carboxylic acids is 2. The number of carboxylic acid groups (broad SMARTS) is 2. The predicted octanol–water partition coefficient (Wildman–Crippen LogP) is 3.17. The fourth-order valence-corrected chi connectivity index (χ4v) is 5.04. The van der Waals surface area contributed by atoms with E-state index in [9.17, 15) is 29.4 Å². The van der Waals surface area contributed by atoms with E-state index in [1.807, 2.05) is 7.05 Å². The maximum absolute atomic E-state index is 13.4. The number of carboxylic acids is 1. The molecule has 4 heterocycles. The van der Waals surface area contributed by atoms with Gasteiger partial charge in [-0.15, -0.1) is 16.4 Å². The Morgan fingerprint density at radius 1 is 1.00 bits per heavy atom. The first-order valence-electron chi connectivity index (χ1n) is 11.4. The highest BCUT2D eigenvalue weighted by Gasteiger charge is 2.24. The number of aromatic carboxylic acids is 1. The average molecular weight is 539 g/mol. The summed E-state index contributed by atoms with van der Waals surface area (Å²) in [6.45, 7) is 3.25. The van der Waals surface area contributed by atoms with Gasteiger partial charge in [-0.1, -0.05) is 0 Å². The first-order chi connectivity index (χ1) is 18.2. The van der Waals surface area contributed by atoms with Crippen LogP contribution in [0.1, 0.15) is 30.6 Å². The molecule has 38 heavy (non-hydrogen) atoms. The van der Waals surface area contributed by atoms with E-state index < -0.39 is 23.9 Å². The molecule has 1 saturated heterocycles. The number of likely N-dealkylation sites (N-methyl/N-ethyl adjacent to an activating group) is 1. The number of nitrogens with one attached hydrogen (secondary N) is 2. The maximum atomic E-state index is 13.4. The third-order valence-corrected chi connectivity index (χ3v) is 7.19. The second-order valence-corrected chi connectivity index (χ2v) is 9.61. The van der Waals surface area contributed by atoms with Crippen molar-refractivity contribution in [1.29, 1.82) is 0 Å². The Balaban J connectivity index is 1.49. The van der Waals surface area contributed by atoms with Gasteiger partial charge in [0.25, 0.3) is 11.8 Å². The lowest BCUT2D eigenvalue weighted by molar-refractivity contribution is 0.0701. The topological polar surface area (TPSA) is 170 Å². The van der Waals surface area contributed by atoms with Crippen molar-refractivity contribution in [3.05, 3.63) is 58.9 Å². The predicted molar refractivity (Wildman–Crippen MR) is 139 cm³/mol. The van der Waals surface area contributed by atoms with Crippen molar-refractivity contribution in [2.24, 2.45) is 0 Å². The standard InChI is InChI=1S/C24H22N6O7S/c1-28-6-8-29(9-7-28)13-4-5-14(16(11-13)25-21(32)17-3-2-10-37-17)20(31)26-19-15-12-18(23(33)34)38-22(15)30(27-19)24(35)36/h2-5,10-12H,6-9H2,1H3,(H,25,32)(H,33,34)(H,35,36)(H,26,27,31). The summed E-state index contributed by atoms with van der Waals surface area (Å²) in [5.74, 6) is -2.53. The molecule has 1 fully saturated rings. The quantitative estimate of drug-likeness (QED) is 0.286. The molecule has 0 bridgehead atoms. The van der Waals surface area contributed by atoms with Gasteiger partial charge in [-0.05, 0) is 43.4 Å². The number of carbonyl (C=O) groups is 4. The molecule has 0 aliphatic carbocycles. The number of thiophene rings is 1. The summed E-state index contributed by atoms with van der Waals surface area (Å²) in [4.78, 5) is 53.5. The summed E-state index contributed by atoms with van der Waals surface area (Å²) >= 11 is 0.724. The highest BCUT2D eigenvalue weighted by molar-refractivity contribution is 7.20. The lowest BCUT2D eigenvalue weighted by Gasteiger charge is -2.34. The third kappa shape index (κ3) is 4.81. The van der Waals surface area contributed by atoms with Gasteiger partial charge in [0.1, 0.15) is 9.71 Å². The minimum Gasteiger partial charge on any atom is -0.477 e. The van der Waals surface area contributed by atoms with Crippen LogP contribution in [0, 0.1) is 0 Å². The van der Waals surface area contributed by atoms with E-state index >= 15 is 0 Å². The molecule has 4 N–H and O–H groups in total. The fraction of sp³-hybridized carbons (Fsp3) is 0.208. The van der Waals surface area contributed by atoms with Crippen LogP contribution >= 0.6 is 11.3 Å². The van der Waals surface area contributed by atoms with Crippen LogP contribution < -0.4 is 15.5 Å². The summed E-state index contributed by atoms with van der Waals surface area (Å²) in [5, 5.41) is 28.2. The molecule has 0 atom stereocenters. The SMILES string of the molecule is CN1CCN(c2ccc(C(=O)Nc3nn(C(=O)O)c4sc(C(=O)O)cc34)c(NC(=O)c3ccco3)c2)CC1. The smallest absolute Gasteiger partial charge is 0.433 e. The average Bonchev–Trinajstić information content (AvgIpc) is 3.63. The molecule has 1 aromatic carbocycles. The molecule has 196 valence electrons. The summed E-state index contributed by atoms with van der Waals surface area (Å²) in [5.41, 5.74) is 1.12. The third-order valence-electron chi connectivity index (χ3n) is 6.09. The highest BCUT2D eigenvalue weighted by atomic mass is 32.1. The summed E-state index contributed by atoms with van der Waals surface area (Å²) in [6.07, 6.45) is -0.0726. The van der Waals surface area contributed by atoms with Gasteiger partial charge in [0.15, 0.2) is 11.6 Å². The Labute approximate surface area is 218 Å². The number of benzene rings is 1. The summed E-state index contributed by atoms with van der Waals surface area (Å²) in [6, 6.07) is 9.33. The number of nitrogens with zero attached hydrogens (tertiary/aromatic N) is 4. The van der Waals surface area contributed by atoms with Gasteiger partial charge in [-0.3, -0.25) is 9.59 Å². The first kappa shape index (κ1) is 25.0. The largest absolute Gasteiger partial charge is 0.477 e. The number of amides is 2. The van der Waals surface area contributed by atoms with E-state index in [0.717, 1.165) is 43.2 Å². The number of aromatic nitrogens is 2. The van der Waals surface area contributed by atoms with Crippen LogP contribution in [0.4, 0.5) is 22.0 Å². The van der Waals surface area contributed by atoms with E-state index in [2.05, 4.69) is 25.5 Å². The van der Waals surface area contributed by atoms with Crippen molar-refractivity contribution >= 4 is 62.6 Å². The molecular formula is C24H22N6O7S. The van der Waals surface area contributed by atoms with Crippen molar-refractivity contribution in [2.45, 2.75) is 0 Å². The second kappa shape index (κ2) is 9.99. The molecule has 14 heteroatoms. The van der Waals surface area contributed by atoms with Gasteiger partial charge in [0.05, 0.1) is 22.9 Å². The van der Waals surface area contributed by atoms with Crippen molar-refractivity contribution in [2.75, 3.05) is 48.8 Å². The molecule has 5 rings (SSSR count). The maximum Gasteiger partial charge on any atom is 0.433 e. The molecule has 0 unspecified atom stereocenters. The van der Waals surface area contributed by atoms with Crippen molar-refractivity contribution < 1.29 is 33.8 Å². The number of rotatable bonds is 6. The van der Waals surface area contributed by atoms with E-state index in [1.165, 1.54) is 18.4 Å². The van der Waals surface area contributed by atoms with E-state index in [4.69, 9.17) is 4.42 Å². The number of piperazine rings is 1. The van der Waals surface area contributed by atoms with Crippen molar-refractivity contribution in [3.8, 4) is 0 Å². The zero-order valence-electron chi connectivity index (χ0n) is 20.0. The molecule has 0 radical (unpaired) electrons.